The van der Waals surface area contributed by atoms with E-state index in [0.717, 1.165) is 0 Å². The van der Waals surface area contributed by atoms with Crippen LogP contribution in [0.1, 0.15) is 6.92 Å². The lowest BCUT2D eigenvalue weighted by atomic mass is 10.1. The number of hydrogen-bond donors (Lipinski definition) is 0. The molecule has 0 rings (SSSR count). The number of alkyl halides is 7. The molecule has 0 unspecified atom stereocenters. The van der Waals surface area contributed by atoms with Crippen LogP contribution in [0.2, 0.25) is 0 Å². The number of hydrogen-bond acceptors (Lipinski definition) is 3. The van der Waals surface area contributed by atoms with Crippen molar-refractivity contribution in [1.29, 1.82) is 0 Å². The van der Waals surface area contributed by atoms with Gasteiger partial charge in [0, 0.05) is 6.08 Å². The summed E-state index contributed by atoms with van der Waals surface area (Å²) in [6.45, 7) is 0.836. The van der Waals surface area contributed by atoms with Crippen LogP contribution in [-0.2, 0) is 9.53 Å². The molecule has 0 aromatic heterocycles. The molecule has 0 radical (unpaired) electrons. The minimum atomic E-state index is -6.63. The molecular formula is C8H6F7O3-. The molecule has 0 aromatic carbocycles. The second kappa shape index (κ2) is 5.02. The number of esters is 1. The normalized spacial score (nSPS) is 14.6. The second-order valence-electron chi connectivity index (χ2n) is 2.91. The third-order valence-corrected chi connectivity index (χ3v) is 1.60. The Morgan fingerprint density at radius 1 is 1.17 bits per heavy atom. The molecule has 0 fully saturated rings. The van der Waals surface area contributed by atoms with Gasteiger partial charge in [-0.2, -0.15) is 30.7 Å². The summed E-state index contributed by atoms with van der Waals surface area (Å²) in [7, 11) is 0. The van der Waals surface area contributed by atoms with E-state index in [1.54, 1.807) is 0 Å². The summed E-state index contributed by atoms with van der Waals surface area (Å²) in [4.78, 5) is 10.5. The van der Waals surface area contributed by atoms with Crippen LogP contribution in [0, 0.1) is 0 Å². The highest BCUT2D eigenvalue weighted by atomic mass is 19.4. The maximum atomic E-state index is 12.6. The summed E-state index contributed by atoms with van der Waals surface area (Å²) in [5, 5.41) is 10.6. The van der Waals surface area contributed by atoms with Crippen molar-refractivity contribution in [3.8, 4) is 0 Å². The van der Waals surface area contributed by atoms with Gasteiger partial charge in [-0.15, -0.1) is 0 Å². The topological polar surface area (TPSA) is 49.4 Å². The Kier molecular flexibility index (Phi) is 4.61. The van der Waals surface area contributed by atoms with Crippen LogP contribution in [0.4, 0.5) is 30.7 Å². The third kappa shape index (κ3) is 3.05. The van der Waals surface area contributed by atoms with Gasteiger partial charge in [0.1, 0.15) is 0 Å². The molecule has 0 saturated carbocycles. The van der Waals surface area contributed by atoms with Crippen molar-refractivity contribution >= 4 is 5.97 Å². The van der Waals surface area contributed by atoms with Crippen molar-refractivity contribution in [2.24, 2.45) is 0 Å². The SMILES string of the molecule is CCOC(=O)/C=C(\[O-])C(F)(F)C(F)(F)C(F)(F)F. The Morgan fingerprint density at radius 2 is 1.61 bits per heavy atom. The first kappa shape index (κ1) is 16.5. The second-order valence-corrected chi connectivity index (χ2v) is 2.91. The molecule has 0 amide bonds. The lowest BCUT2D eigenvalue weighted by Crippen LogP contribution is -2.55. The van der Waals surface area contributed by atoms with E-state index in [0.29, 0.717) is 0 Å². The number of rotatable bonds is 4. The lowest BCUT2D eigenvalue weighted by Gasteiger charge is -2.32. The first-order chi connectivity index (χ1) is 7.88. The monoisotopic (exact) mass is 283 g/mol. The average molecular weight is 283 g/mol. The zero-order valence-electron chi connectivity index (χ0n) is 8.65. The predicted molar refractivity (Wildman–Crippen MR) is 40.7 cm³/mol. The summed E-state index contributed by atoms with van der Waals surface area (Å²) in [5.41, 5.74) is 0. The van der Waals surface area contributed by atoms with E-state index in [1.807, 2.05) is 0 Å². The Balaban J connectivity index is 5.33. The molecular weight excluding hydrogens is 277 g/mol. The van der Waals surface area contributed by atoms with Gasteiger partial charge in [0.15, 0.2) is 0 Å². The van der Waals surface area contributed by atoms with Crippen LogP contribution in [0.15, 0.2) is 11.8 Å². The Hall–Kier alpha value is -1.48. The molecule has 0 heterocycles. The fraction of sp³-hybridized carbons (Fsp3) is 0.625. The standard InChI is InChI=1S/C8H7F7O3/c1-2-18-5(17)3-4(16)6(9,10)7(11,12)8(13,14)15/h3,16H,2H2,1H3/p-1/b4-3-. The van der Waals surface area contributed by atoms with Gasteiger partial charge in [-0.3, -0.25) is 0 Å². The smallest absolute Gasteiger partial charge is 0.460 e. The van der Waals surface area contributed by atoms with Crippen molar-refractivity contribution in [3.63, 3.8) is 0 Å². The largest absolute Gasteiger partial charge is 0.871 e. The molecule has 0 aliphatic carbocycles. The van der Waals surface area contributed by atoms with E-state index < -0.39 is 35.8 Å². The molecule has 0 saturated heterocycles. The van der Waals surface area contributed by atoms with E-state index in [9.17, 15) is 40.6 Å². The molecule has 0 N–H and O–H groups in total. The number of carbonyl (C=O) groups excluding carboxylic acids is 1. The summed E-state index contributed by atoms with van der Waals surface area (Å²) < 4.78 is 88.8. The maximum Gasteiger partial charge on any atom is 0.460 e. The van der Waals surface area contributed by atoms with Crippen molar-refractivity contribution < 1.29 is 45.4 Å². The quantitative estimate of drug-likeness (QED) is 0.341. The molecule has 0 aliphatic rings. The van der Waals surface area contributed by atoms with E-state index in [4.69, 9.17) is 0 Å². The molecule has 0 bridgehead atoms. The third-order valence-electron chi connectivity index (χ3n) is 1.60. The molecule has 0 spiro atoms. The molecule has 10 heteroatoms. The molecule has 0 atom stereocenters. The number of carbonyl (C=O) groups is 1. The molecule has 3 nitrogen and oxygen atoms in total. The average Bonchev–Trinajstić information content (AvgIpc) is 2.15. The van der Waals surface area contributed by atoms with Gasteiger partial charge in [-0.25, -0.2) is 4.79 Å². The van der Waals surface area contributed by atoms with Crippen molar-refractivity contribution in [3.05, 3.63) is 11.8 Å². The first-order valence-electron chi connectivity index (χ1n) is 4.26. The van der Waals surface area contributed by atoms with Gasteiger partial charge < -0.3 is 9.84 Å². The first-order valence-corrected chi connectivity index (χ1v) is 4.26. The highest BCUT2D eigenvalue weighted by Crippen LogP contribution is 2.48. The molecule has 0 aromatic rings. The van der Waals surface area contributed by atoms with Gasteiger partial charge in [-0.1, -0.05) is 0 Å². The van der Waals surface area contributed by atoms with Crippen LogP contribution in [-0.4, -0.2) is 30.6 Å². The van der Waals surface area contributed by atoms with Crippen LogP contribution >= 0.6 is 0 Å². The minimum absolute atomic E-state index is 0.371. The van der Waals surface area contributed by atoms with Gasteiger partial charge in [-0.05, 0) is 12.7 Å². The number of allylic oxidation sites excluding steroid dienone is 1. The zero-order valence-corrected chi connectivity index (χ0v) is 8.65. The molecule has 18 heavy (non-hydrogen) atoms. The zero-order chi connectivity index (χ0) is 14.8. The highest BCUT2D eigenvalue weighted by Gasteiger charge is 2.72. The summed E-state index contributed by atoms with van der Waals surface area (Å²) in [6.07, 6.45) is -7.28. The van der Waals surface area contributed by atoms with Crippen LogP contribution in [0.25, 0.3) is 0 Å². The van der Waals surface area contributed by atoms with Gasteiger partial charge >= 0.3 is 24.0 Å². The fourth-order valence-electron chi connectivity index (χ4n) is 0.714. The van der Waals surface area contributed by atoms with Crippen LogP contribution in [0.5, 0.6) is 0 Å². The van der Waals surface area contributed by atoms with Crippen molar-refractivity contribution in [2.75, 3.05) is 6.61 Å². The van der Waals surface area contributed by atoms with Crippen molar-refractivity contribution in [1.82, 2.24) is 0 Å². The fourth-order valence-corrected chi connectivity index (χ4v) is 0.714. The lowest BCUT2D eigenvalue weighted by molar-refractivity contribution is -0.405. The highest BCUT2D eigenvalue weighted by molar-refractivity contribution is 5.82. The van der Waals surface area contributed by atoms with Gasteiger partial charge in [0.25, 0.3) is 0 Å². The Labute approximate surface area is 95.8 Å². The number of halogens is 7. The Bertz CT molecular complexity index is 345. The minimum Gasteiger partial charge on any atom is -0.871 e. The van der Waals surface area contributed by atoms with Gasteiger partial charge in [0.05, 0.1) is 6.61 Å². The summed E-state index contributed by atoms with van der Waals surface area (Å²) in [5.74, 6) is -17.4. The van der Waals surface area contributed by atoms with E-state index in [2.05, 4.69) is 4.74 Å². The van der Waals surface area contributed by atoms with Crippen LogP contribution in [0.3, 0.4) is 0 Å². The van der Waals surface area contributed by atoms with Crippen molar-refractivity contribution in [2.45, 2.75) is 24.9 Å². The summed E-state index contributed by atoms with van der Waals surface area (Å²) in [6, 6.07) is 0. The molecule has 0 aliphatic heterocycles. The van der Waals surface area contributed by atoms with E-state index in [-0.39, 0.29) is 6.61 Å². The maximum absolute atomic E-state index is 12.6. The number of ether oxygens (including phenoxy) is 1. The summed E-state index contributed by atoms with van der Waals surface area (Å²) >= 11 is 0. The van der Waals surface area contributed by atoms with E-state index in [1.165, 1.54) is 6.92 Å². The Morgan fingerprint density at radius 3 is 1.94 bits per heavy atom. The predicted octanol–water partition coefficient (Wildman–Crippen LogP) is 1.63. The van der Waals surface area contributed by atoms with E-state index >= 15 is 0 Å². The van der Waals surface area contributed by atoms with Crippen LogP contribution < -0.4 is 5.11 Å². The van der Waals surface area contributed by atoms with Gasteiger partial charge in [0.2, 0.25) is 0 Å². The molecule has 106 valence electrons.